The molecule has 0 saturated heterocycles. The van der Waals surface area contributed by atoms with E-state index in [4.69, 9.17) is 0 Å². The van der Waals surface area contributed by atoms with E-state index < -0.39 is 10.8 Å². The Hall–Kier alpha value is -0.680. The van der Waals surface area contributed by atoms with Gasteiger partial charge in [-0.3, -0.25) is 9.31 Å². The van der Waals surface area contributed by atoms with Gasteiger partial charge in [0.1, 0.15) is 0 Å². The molecule has 0 bridgehead atoms. The first-order valence-electron chi connectivity index (χ1n) is 4.63. The number of hydrogen-bond donors (Lipinski definition) is 2. The van der Waals surface area contributed by atoms with Crippen molar-refractivity contribution in [3.05, 3.63) is 17.5 Å². The van der Waals surface area contributed by atoms with Gasteiger partial charge in [0.15, 0.2) is 0 Å². The molecule has 0 aromatic carbocycles. The maximum atomic E-state index is 11.1. The van der Waals surface area contributed by atoms with Crippen molar-refractivity contribution in [3.8, 4) is 0 Å². The molecule has 2 unspecified atom stereocenters. The van der Waals surface area contributed by atoms with Gasteiger partial charge in [0.2, 0.25) is 0 Å². The molecule has 80 valence electrons. The molecule has 0 amide bonds. The molecule has 1 aromatic rings. The molecule has 0 spiro atoms. The van der Waals surface area contributed by atoms with Crippen molar-refractivity contribution in [3.63, 3.8) is 0 Å². The zero-order chi connectivity index (χ0) is 10.6. The van der Waals surface area contributed by atoms with Crippen LogP contribution in [-0.2, 0) is 17.3 Å². The van der Waals surface area contributed by atoms with Crippen LogP contribution in [0.3, 0.4) is 0 Å². The monoisotopic (exact) mass is 215 g/mol. The smallest absolute Gasteiger partial charge is 0.0535 e. The molecular formula is C9H17N3OS. The third-order valence-electron chi connectivity index (χ3n) is 2.25. The molecule has 0 fully saturated rings. The Morgan fingerprint density at radius 3 is 2.93 bits per heavy atom. The van der Waals surface area contributed by atoms with E-state index in [-0.39, 0.29) is 5.25 Å². The van der Waals surface area contributed by atoms with Crippen molar-refractivity contribution in [2.24, 2.45) is 0 Å². The van der Waals surface area contributed by atoms with Crippen molar-refractivity contribution < 1.29 is 4.21 Å². The van der Waals surface area contributed by atoms with Crippen LogP contribution >= 0.6 is 0 Å². The van der Waals surface area contributed by atoms with E-state index in [2.05, 4.69) is 15.5 Å². The summed E-state index contributed by atoms with van der Waals surface area (Å²) in [4.78, 5) is 0. The Morgan fingerprint density at radius 1 is 1.71 bits per heavy atom. The summed E-state index contributed by atoms with van der Waals surface area (Å²) in [6.45, 7) is 5.52. The van der Waals surface area contributed by atoms with Crippen LogP contribution in [0.15, 0.2) is 6.20 Å². The molecule has 1 aromatic heterocycles. The topological polar surface area (TPSA) is 57.8 Å². The zero-order valence-electron chi connectivity index (χ0n) is 8.83. The number of aromatic nitrogens is 2. The fourth-order valence-corrected chi connectivity index (χ4v) is 1.43. The fourth-order valence-electron chi connectivity index (χ4n) is 1.08. The standard InChI is InChI=1S/C9H17N3OS/c1-7(14(3)13)4-10-5-9-6-11-12-8(9)2/h6-7,10H,4-5H2,1-3H3,(H,11,12). The Morgan fingerprint density at radius 2 is 2.43 bits per heavy atom. The van der Waals surface area contributed by atoms with Gasteiger partial charge in [-0.15, -0.1) is 0 Å². The summed E-state index contributed by atoms with van der Waals surface area (Å²) in [5.41, 5.74) is 2.25. The molecule has 1 heterocycles. The van der Waals surface area contributed by atoms with Crippen molar-refractivity contribution in [2.45, 2.75) is 25.6 Å². The van der Waals surface area contributed by atoms with E-state index in [1.54, 1.807) is 6.26 Å². The molecule has 1 rings (SSSR count). The van der Waals surface area contributed by atoms with E-state index in [0.717, 1.165) is 18.8 Å². The van der Waals surface area contributed by atoms with Gasteiger partial charge >= 0.3 is 0 Å². The highest BCUT2D eigenvalue weighted by Gasteiger charge is 2.05. The second-order valence-electron chi connectivity index (χ2n) is 3.46. The maximum absolute atomic E-state index is 11.1. The Bertz CT molecular complexity index is 311. The highest BCUT2D eigenvalue weighted by Crippen LogP contribution is 2.01. The minimum absolute atomic E-state index is 0.196. The maximum Gasteiger partial charge on any atom is 0.0535 e. The predicted octanol–water partition coefficient (Wildman–Crippen LogP) is 0.575. The summed E-state index contributed by atoms with van der Waals surface area (Å²) in [6, 6.07) is 0. The number of aromatic amines is 1. The van der Waals surface area contributed by atoms with E-state index in [9.17, 15) is 4.21 Å². The molecule has 0 saturated carbocycles. The number of H-pyrrole nitrogens is 1. The Kier molecular flexibility index (Phi) is 4.28. The first-order valence-corrected chi connectivity index (χ1v) is 6.25. The second-order valence-corrected chi connectivity index (χ2v) is 5.26. The first kappa shape index (κ1) is 11.4. The van der Waals surface area contributed by atoms with Gasteiger partial charge in [0.25, 0.3) is 0 Å². The molecular weight excluding hydrogens is 198 g/mol. The highest BCUT2D eigenvalue weighted by molar-refractivity contribution is 7.84. The van der Waals surface area contributed by atoms with Crippen LogP contribution in [0.25, 0.3) is 0 Å². The molecule has 0 aliphatic carbocycles. The lowest BCUT2D eigenvalue weighted by Crippen LogP contribution is -2.27. The Labute approximate surface area is 86.9 Å². The average Bonchev–Trinajstić information content (AvgIpc) is 2.51. The average molecular weight is 215 g/mol. The molecule has 5 heteroatoms. The molecule has 14 heavy (non-hydrogen) atoms. The SMILES string of the molecule is Cc1[nH]ncc1CNCC(C)S(C)=O. The molecule has 2 atom stereocenters. The summed E-state index contributed by atoms with van der Waals surface area (Å²) in [6.07, 6.45) is 3.55. The summed E-state index contributed by atoms with van der Waals surface area (Å²) < 4.78 is 11.1. The van der Waals surface area contributed by atoms with Crippen molar-refractivity contribution in [1.82, 2.24) is 15.5 Å². The zero-order valence-corrected chi connectivity index (χ0v) is 9.65. The summed E-state index contributed by atoms with van der Waals surface area (Å²) >= 11 is 0. The predicted molar refractivity (Wildman–Crippen MR) is 58.6 cm³/mol. The third kappa shape index (κ3) is 3.23. The lowest BCUT2D eigenvalue weighted by atomic mass is 10.2. The fraction of sp³-hybridized carbons (Fsp3) is 0.667. The first-order chi connectivity index (χ1) is 6.61. The van der Waals surface area contributed by atoms with Gasteiger partial charge in [0, 0.05) is 46.7 Å². The molecule has 0 radical (unpaired) electrons. The van der Waals surface area contributed by atoms with Crippen molar-refractivity contribution in [2.75, 3.05) is 12.8 Å². The summed E-state index contributed by atoms with van der Waals surface area (Å²) in [5, 5.41) is 10.3. The van der Waals surface area contributed by atoms with Crippen LogP contribution in [0, 0.1) is 6.92 Å². The minimum Gasteiger partial charge on any atom is -0.311 e. The van der Waals surface area contributed by atoms with Crippen LogP contribution in [0.4, 0.5) is 0 Å². The van der Waals surface area contributed by atoms with Crippen LogP contribution < -0.4 is 5.32 Å². The van der Waals surface area contributed by atoms with Gasteiger partial charge in [-0.1, -0.05) is 0 Å². The van der Waals surface area contributed by atoms with Crippen LogP contribution in [0.2, 0.25) is 0 Å². The van der Waals surface area contributed by atoms with Crippen LogP contribution in [0.1, 0.15) is 18.2 Å². The second kappa shape index (κ2) is 5.26. The lowest BCUT2D eigenvalue weighted by Gasteiger charge is -2.09. The number of hydrogen-bond acceptors (Lipinski definition) is 3. The van der Waals surface area contributed by atoms with E-state index in [1.165, 1.54) is 5.56 Å². The molecule has 0 aliphatic heterocycles. The molecule has 4 nitrogen and oxygen atoms in total. The van der Waals surface area contributed by atoms with Gasteiger partial charge in [-0.2, -0.15) is 5.10 Å². The van der Waals surface area contributed by atoms with Crippen molar-refractivity contribution in [1.29, 1.82) is 0 Å². The number of aryl methyl sites for hydroxylation is 1. The van der Waals surface area contributed by atoms with Gasteiger partial charge in [-0.25, -0.2) is 0 Å². The lowest BCUT2D eigenvalue weighted by molar-refractivity contribution is 0.646. The van der Waals surface area contributed by atoms with Crippen molar-refractivity contribution >= 4 is 10.8 Å². The number of nitrogens with one attached hydrogen (secondary N) is 2. The van der Waals surface area contributed by atoms with Crippen LogP contribution in [0.5, 0.6) is 0 Å². The van der Waals surface area contributed by atoms with E-state index in [0.29, 0.717) is 0 Å². The van der Waals surface area contributed by atoms with E-state index in [1.807, 2.05) is 20.0 Å². The van der Waals surface area contributed by atoms with Crippen LogP contribution in [-0.4, -0.2) is 32.5 Å². The Balaban J connectivity index is 2.29. The summed E-state index contributed by atoms with van der Waals surface area (Å²) in [5.74, 6) is 0. The number of nitrogens with zero attached hydrogens (tertiary/aromatic N) is 1. The minimum atomic E-state index is -0.750. The van der Waals surface area contributed by atoms with Gasteiger partial charge in [0.05, 0.1) is 6.20 Å². The highest BCUT2D eigenvalue weighted by atomic mass is 32.2. The summed E-state index contributed by atoms with van der Waals surface area (Å²) in [7, 11) is -0.750. The van der Waals surface area contributed by atoms with Gasteiger partial charge in [-0.05, 0) is 13.8 Å². The van der Waals surface area contributed by atoms with E-state index >= 15 is 0 Å². The third-order valence-corrected chi connectivity index (χ3v) is 3.55. The normalized spacial score (nSPS) is 15.4. The van der Waals surface area contributed by atoms with Gasteiger partial charge < -0.3 is 5.32 Å². The number of rotatable bonds is 5. The largest absolute Gasteiger partial charge is 0.311 e. The molecule has 2 N–H and O–H groups in total. The molecule has 0 aliphatic rings. The quantitative estimate of drug-likeness (QED) is 0.755.